The van der Waals surface area contributed by atoms with Gasteiger partial charge in [-0.25, -0.2) is 0 Å². The van der Waals surface area contributed by atoms with Crippen LogP contribution in [0.2, 0.25) is 0 Å². The molecular formula is C22H21BrN2O4. The van der Waals surface area contributed by atoms with Crippen molar-refractivity contribution in [1.82, 2.24) is 10.9 Å². The van der Waals surface area contributed by atoms with Gasteiger partial charge in [0.2, 0.25) is 0 Å². The number of benzene rings is 3. The lowest BCUT2D eigenvalue weighted by molar-refractivity contribution is -0.133. The molecule has 3 aromatic carbocycles. The minimum absolute atomic E-state index is 0.234. The van der Waals surface area contributed by atoms with Crippen LogP contribution in [0.1, 0.15) is 12.5 Å². The third-order valence-electron chi connectivity index (χ3n) is 4.17. The third-order valence-corrected chi connectivity index (χ3v) is 4.79. The number of fused-ring (bicyclic) bond motifs is 1. The first-order valence-electron chi connectivity index (χ1n) is 9.05. The Morgan fingerprint density at radius 2 is 1.76 bits per heavy atom. The number of carbonyl (C=O) groups is 2. The van der Waals surface area contributed by atoms with Gasteiger partial charge < -0.3 is 9.47 Å². The van der Waals surface area contributed by atoms with Gasteiger partial charge in [0.15, 0.2) is 12.7 Å². The van der Waals surface area contributed by atoms with Gasteiger partial charge in [0.25, 0.3) is 11.8 Å². The first kappa shape index (κ1) is 20.7. The van der Waals surface area contributed by atoms with E-state index in [9.17, 15) is 9.59 Å². The van der Waals surface area contributed by atoms with Crippen LogP contribution in [0.25, 0.3) is 10.8 Å². The predicted octanol–water partition coefficient (Wildman–Crippen LogP) is 3.90. The highest BCUT2D eigenvalue weighted by atomic mass is 79.9. The van der Waals surface area contributed by atoms with E-state index >= 15 is 0 Å². The first-order valence-corrected chi connectivity index (χ1v) is 9.85. The van der Waals surface area contributed by atoms with Crippen LogP contribution in [0, 0.1) is 6.92 Å². The topological polar surface area (TPSA) is 76.7 Å². The highest BCUT2D eigenvalue weighted by Crippen LogP contribution is 2.25. The second-order valence-electron chi connectivity index (χ2n) is 6.53. The quantitative estimate of drug-likeness (QED) is 0.551. The third kappa shape index (κ3) is 5.71. The average Bonchev–Trinajstić information content (AvgIpc) is 2.71. The van der Waals surface area contributed by atoms with E-state index in [1.54, 1.807) is 19.1 Å². The smallest absolute Gasteiger partial charge is 0.279 e. The molecule has 3 rings (SSSR count). The van der Waals surface area contributed by atoms with E-state index in [1.165, 1.54) is 0 Å². The van der Waals surface area contributed by atoms with Crippen LogP contribution < -0.4 is 20.3 Å². The summed E-state index contributed by atoms with van der Waals surface area (Å²) in [5.41, 5.74) is 5.74. The highest BCUT2D eigenvalue weighted by Gasteiger charge is 2.16. The molecule has 6 nitrogen and oxygen atoms in total. The van der Waals surface area contributed by atoms with Crippen LogP contribution in [0.3, 0.4) is 0 Å². The summed E-state index contributed by atoms with van der Waals surface area (Å²) in [7, 11) is 0. The second kappa shape index (κ2) is 9.43. The fraction of sp³-hybridized carbons (Fsp3) is 0.182. The van der Waals surface area contributed by atoms with E-state index in [0.29, 0.717) is 11.5 Å². The van der Waals surface area contributed by atoms with Crippen molar-refractivity contribution in [3.63, 3.8) is 0 Å². The summed E-state index contributed by atoms with van der Waals surface area (Å²) in [6.07, 6.45) is -0.788. The van der Waals surface area contributed by atoms with Crippen molar-refractivity contribution in [2.45, 2.75) is 20.0 Å². The maximum atomic E-state index is 12.2. The normalized spacial score (nSPS) is 11.6. The fourth-order valence-electron chi connectivity index (χ4n) is 2.63. The van der Waals surface area contributed by atoms with Crippen LogP contribution in [0.5, 0.6) is 11.5 Å². The molecule has 1 atom stereocenters. The van der Waals surface area contributed by atoms with E-state index < -0.39 is 17.9 Å². The van der Waals surface area contributed by atoms with Crippen molar-refractivity contribution in [1.29, 1.82) is 0 Å². The molecule has 0 aromatic heterocycles. The molecule has 2 amide bonds. The number of rotatable bonds is 6. The number of hydrazine groups is 1. The standard InChI is InChI=1S/C22H21BrN2O4/c1-14-7-10-20(19(23)11-14)28-13-21(26)24-25-22(27)15(2)29-18-9-8-16-5-3-4-6-17(16)12-18/h3-12,15H,13H2,1-2H3,(H,24,26)(H,25,27). The molecule has 0 bridgehead atoms. The van der Waals surface area contributed by atoms with Gasteiger partial charge >= 0.3 is 0 Å². The summed E-state index contributed by atoms with van der Waals surface area (Å²) < 4.78 is 11.9. The molecule has 0 heterocycles. The number of amides is 2. The van der Waals surface area contributed by atoms with Gasteiger partial charge in [-0.15, -0.1) is 0 Å². The lowest BCUT2D eigenvalue weighted by Crippen LogP contribution is -2.48. The molecule has 0 aliphatic carbocycles. The van der Waals surface area contributed by atoms with E-state index in [0.717, 1.165) is 20.8 Å². The van der Waals surface area contributed by atoms with E-state index in [4.69, 9.17) is 9.47 Å². The number of nitrogens with one attached hydrogen (secondary N) is 2. The molecule has 2 N–H and O–H groups in total. The van der Waals surface area contributed by atoms with Crippen molar-refractivity contribution in [2.75, 3.05) is 6.61 Å². The van der Waals surface area contributed by atoms with Crippen molar-refractivity contribution in [3.05, 3.63) is 70.7 Å². The van der Waals surface area contributed by atoms with E-state index in [2.05, 4.69) is 26.8 Å². The number of ether oxygens (including phenoxy) is 2. The summed E-state index contributed by atoms with van der Waals surface area (Å²) in [6, 6.07) is 19.0. The fourth-order valence-corrected chi connectivity index (χ4v) is 3.24. The van der Waals surface area contributed by atoms with Crippen molar-refractivity contribution in [2.24, 2.45) is 0 Å². The number of carbonyl (C=O) groups excluding carboxylic acids is 2. The van der Waals surface area contributed by atoms with Crippen LogP contribution in [-0.2, 0) is 9.59 Å². The Kier molecular flexibility index (Phi) is 6.72. The summed E-state index contributed by atoms with van der Waals surface area (Å²) in [4.78, 5) is 24.1. The molecule has 7 heteroatoms. The average molecular weight is 457 g/mol. The monoisotopic (exact) mass is 456 g/mol. The zero-order valence-electron chi connectivity index (χ0n) is 16.1. The van der Waals surface area contributed by atoms with Crippen LogP contribution in [-0.4, -0.2) is 24.5 Å². The van der Waals surface area contributed by atoms with Crippen LogP contribution in [0.15, 0.2) is 65.1 Å². The Labute approximate surface area is 177 Å². The molecule has 3 aromatic rings. The number of aryl methyl sites for hydroxylation is 1. The maximum absolute atomic E-state index is 12.2. The van der Waals surface area contributed by atoms with Gasteiger partial charge in [0.1, 0.15) is 11.5 Å². The Bertz CT molecular complexity index is 1040. The lowest BCUT2D eigenvalue weighted by Gasteiger charge is -2.16. The zero-order chi connectivity index (χ0) is 20.8. The van der Waals surface area contributed by atoms with Crippen LogP contribution in [0.4, 0.5) is 0 Å². The highest BCUT2D eigenvalue weighted by molar-refractivity contribution is 9.10. The number of hydrogen-bond acceptors (Lipinski definition) is 4. The van der Waals surface area contributed by atoms with Gasteiger partial charge in [-0.3, -0.25) is 20.4 Å². The van der Waals surface area contributed by atoms with E-state index in [1.807, 2.05) is 55.5 Å². The molecule has 0 saturated carbocycles. The summed E-state index contributed by atoms with van der Waals surface area (Å²) >= 11 is 3.38. The summed E-state index contributed by atoms with van der Waals surface area (Å²) in [6.45, 7) is 3.33. The minimum Gasteiger partial charge on any atom is -0.483 e. The number of hydrogen-bond donors (Lipinski definition) is 2. The molecule has 0 radical (unpaired) electrons. The van der Waals surface area contributed by atoms with Gasteiger partial charge in [-0.05, 0) is 70.4 Å². The number of halogens is 1. The second-order valence-corrected chi connectivity index (χ2v) is 7.38. The first-order chi connectivity index (χ1) is 13.9. The molecule has 1 unspecified atom stereocenters. The summed E-state index contributed by atoms with van der Waals surface area (Å²) in [5.74, 6) is 0.169. The van der Waals surface area contributed by atoms with Gasteiger partial charge in [-0.2, -0.15) is 0 Å². The molecule has 0 spiro atoms. The Morgan fingerprint density at radius 3 is 2.52 bits per heavy atom. The van der Waals surface area contributed by atoms with Crippen molar-refractivity contribution >= 4 is 38.5 Å². The molecule has 29 heavy (non-hydrogen) atoms. The molecule has 0 aliphatic heterocycles. The van der Waals surface area contributed by atoms with E-state index in [-0.39, 0.29) is 6.61 Å². The van der Waals surface area contributed by atoms with Gasteiger partial charge in [0.05, 0.1) is 4.47 Å². The van der Waals surface area contributed by atoms with Crippen molar-refractivity contribution < 1.29 is 19.1 Å². The molecule has 150 valence electrons. The SMILES string of the molecule is Cc1ccc(OCC(=O)NNC(=O)C(C)Oc2ccc3ccccc3c2)c(Br)c1. The Balaban J connectivity index is 1.46. The molecule has 0 fully saturated rings. The minimum atomic E-state index is -0.788. The van der Waals surface area contributed by atoms with Crippen molar-refractivity contribution in [3.8, 4) is 11.5 Å². The predicted molar refractivity (Wildman–Crippen MR) is 115 cm³/mol. The Hall–Kier alpha value is -3.06. The zero-order valence-corrected chi connectivity index (χ0v) is 17.7. The van der Waals surface area contributed by atoms with Gasteiger partial charge in [0, 0.05) is 0 Å². The molecule has 0 saturated heterocycles. The molecule has 0 aliphatic rings. The largest absolute Gasteiger partial charge is 0.483 e. The Morgan fingerprint density at radius 1 is 1.00 bits per heavy atom. The maximum Gasteiger partial charge on any atom is 0.279 e. The lowest BCUT2D eigenvalue weighted by atomic mass is 10.1. The van der Waals surface area contributed by atoms with Gasteiger partial charge in [-0.1, -0.05) is 36.4 Å². The van der Waals surface area contributed by atoms with Crippen LogP contribution >= 0.6 is 15.9 Å². The molecular weight excluding hydrogens is 436 g/mol. The summed E-state index contributed by atoms with van der Waals surface area (Å²) in [5, 5.41) is 2.11.